The third kappa shape index (κ3) is 4.88. The van der Waals surface area contributed by atoms with Crippen molar-refractivity contribution in [2.45, 2.75) is 6.92 Å². The summed E-state index contributed by atoms with van der Waals surface area (Å²) in [4.78, 5) is 21.6. The van der Waals surface area contributed by atoms with Crippen LogP contribution < -0.4 is 0 Å². The van der Waals surface area contributed by atoms with Crippen molar-refractivity contribution in [1.82, 2.24) is 0 Å². The van der Waals surface area contributed by atoms with E-state index in [0.717, 1.165) is 16.7 Å². The summed E-state index contributed by atoms with van der Waals surface area (Å²) in [6.07, 6.45) is 0. The Hall–Kier alpha value is -3.27. The number of benzene rings is 3. The predicted octanol–water partition coefficient (Wildman–Crippen LogP) is 4.82. The standard InChI is InChI=1S/C13H10O.C7H7NO2/c14-13(11-7-3-1-4-8-11)12-9-5-2-6-10-12;1-6-2-4-7(5-3-6)8(9)10/h1-10H;2-5H,1H3. The molecule has 24 heavy (non-hydrogen) atoms. The monoisotopic (exact) mass is 319 g/mol. The Balaban J connectivity index is 0.000000185. The van der Waals surface area contributed by atoms with Crippen LogP contribution in [0.4, 0.5) is 5.69 Å². The first-order chi connectivity index (χ1) is 11.6. The summed E-state index contributed by atoms with van der Waals surface area (Å²) in [6, 6.07) is 25.0. The van der Waals surface area contributed by atoms with Crippen LogP contribution in [0.2, 0.25) is 0 Å². The van der Waals surface area contributed by atoms with E-state index in [-0.39, 0.29) is 11.5 Å². The van der Waals surface area contributed by atoms with Gasteiger partial charge in [-0.2, -0.15) is 0 Å². The van der Waals surface area contributed by atoms with Gasteiger partial charge < -0.3 is 0 Å². The van der Waals surface area contributed by atoms with Gasteiger partial charge in [0.1, 0.15) is 0 Å². The van der Waals surface area contributed by atoms with Gasteiger partial charge in [-0.05, 0) is 6.92 Å². The van der Waals surface area contributed by atoms with Crippen LogP contribution in [0.1, 0.15) is 21.5 Å². The Bertz CT molecular complexity index is 756. The molecule has 0 aliphatic heterocycles. The maximum atomic E-state index is 11.8. The van der Waals surface area contributed by atoms with Crippen LogP contribution in [0, 0.1) is 17.0 Å². The number of rotatable bonds is 3. The number of hydrogen-bond donors (Lipinski definition) is 0. The minimum atomic E-state index is -0.403. The SMILES string of the molecule is Cc1ccc([N+](=O)[O-])cc1.O=C(c1ccccc1)c1ccccc1. The molecule has 0 heterocycles. The number of carbonyl (C=O) groups excluding carboxylic acids is 1. The first kappa shape index (κ1) is 17.1. The highest BCUT2D eigenvalue weighted by Gasteiger charge is 2.06. The minimum Gasteiger partial charge on any atom is -0.289 e. The van der Waals surface area contributed by atoms with Crippen molar-refractivity contribution in [3.8, 4) is 0 Å². The van der Waals surface area contributed by atoms with Gasteiger partial charge in [0.2, 0.25) is 0 Å². The molecule has 3 rings (SSSR count). The number of aryl methyl sites for hydroxylation is 1. The highest BCUT2D eigenvalue weighted by Crippen LogP contribution is 2.10. The fraction of sp³-hybridized carbons (Fsp3) is 0.0500. The largest absolute Gasteiger partial charge is 0.289 e. The normalized spacial score (nSPS) is 9.54. The van der Waals surface area contributed by atoms with Crippen LogP contribution in [0.5, 0.6) is 0 Å². The van der Waals surface area contributed by atoms with Crippen molar-refractivity contribution in [1.29, 1.82) is 0 Å². The lowest BCUT2D eigenvalue weighted by Crippen LogP contribution is -1.99. The highest BCUT2D eigenvalue weighted by atomic mass is 16.6. The quantitative estimate of drug-likeness (QED) is 0.395. The Kier molecular flexibility index (Phi) is 5.97. The van der Waals surface area contributed by atoms with E-state index in [1.54, 1.807) is 12.1 Å². The first-order valence-electron chi connectivity index (χ1n) is 7.44. The van der Waals surface area contributed by atoms with Crippen LogP contribution in [-0.2, 0) is 0 Å². The zero-order chi connectivity index (χ0) is 17.4. The Morgan fingerprint density at radius 1 is 0.750 bits per heavy atom. The molecule has 0 spiro atoms. The van der Waals surface area contributed by atoms with Crippen molar-refractivity contribution < 1.29 is 9.72 Å². The average Bonchev–Trinajstić information content (AvgIpc) is 2.63. The van der Waals surface area contributed by atoms with Gasteiger partial charge in [0.15, 0.2) is 5.78 Å². The van der Waals surface area contributed by atoms with E-state index in [9.17, 15) is 14.9 Å². The maximum absolute atomic E-state index is 11.8. The lowest BCUT2D eigenvalue weighted by Gasteiger charge is -1.99. The minimum absolute atomic E-state index is 0.0752. The van der Waals surface area contributed by atoms with E-state index in [2.05, 4.69) is 0 Å². The van der Waals surface area contributed by atoms with Crippen LogP contribution in [0.3, 0.4) is 0 Å². The molecule has 3 aromatic rings. The topological polar surface area (TPSA) is 60.2 Å². The molecule has 0 bridgehead atoms. The summed E-state index contributed by atoms with van der Waals surface area (Å²) < 4.78 is 0. The van der Waals surface area contributed by atoms with E-state index < -0.39 is 4.92 Å². The summed E-state index contributed by atoms with van der Waals surface area (Å²) in [5, 5.41) is 10.1. The molecule has 0 aliphatic carbocycles. The molecule has 0 atom stereocenters. The van der Waals surface area contributed by atoms with Crippen LogP contribution in [0.25, 0.3) is 0 Å². The van der Waals surface area contributed by atoms with Crippen LogP contribution in [-0.4, -0.2) is 10.7 Å². The number of hydrogen-bond acceptors (Lipinski definition) is 3. The van der Waals surface area contributed by atoms with Gasteiger partial charge in [-0.1, -0.05) is 78.4 Å². The van der Waals surface area contributed by atoms with Gasteiger partial charge in [0.25, 0.3) is 5.69 Å². The molecular formula is C20H17NO3. The van der Waals surface area contributed by atoms with Gasteiger partial charge in [0, 0.05) is 23.3 Å². The molecule has 0 N–H and O–H groups in total. The van der Waals surface area contributed by atoms with Crippen molar-refractivity contribution >= 4 is 11.5 Å². The van der Waals surface area contributed by atoms with Crippen molar-refractivity contribution in [2.75, 3.05) is 0 Å². The summed E-state index contributed by atoms with van der Waals surface area (Å²) >= 11 is 0. The number of nitrogens with zero attached hydrogens (tertiary/aromatic N) is 1. The molecule has 4 nitrogen and oxygen atoms in total. The number of carbonyl (C=O) groups is 1. The number of nitro groups is 1. The molecular weight excluding hydrogens is 302 g/mol. The van der Waals surface area contributed by atoms with E-state index >= 15 is 0 Å². The van der Waals surface area contributed by atoms with Crippen molar-refractivity contribution in [2.24, 2.45) is 0 Å². The zero-order valence-electron chi connectivity index (χ0n) is 13.3. The number of non-ortho nitro benzene ring substituents is 1. The number of ketones is 1. The van der Waals surface area contributed by atoms with E-state index in [4.69, 9.17) is 0 Å². The van der Waals surface area contributed by atoms with Gasteiger partial charge in [-0.25, -0.2) is 0 Å². The Morgan fingerprint density at radius 3 is 1.54 bits per heavy atom. The predicted molar refractivity (Wildman–Crippen MR) is 94.1 cm³/mol. The lowest BCUT2D eigenvalue weighted by atomic mass is 10.0. The van der Waals surface area contributed by atoms with E-state index in [1.807, 2.05) is 67.6 Å². The Labute approximate surface area is 140 Å². The maximum Gasteiger partial charge on any atom is 0.269 e. The number of nitro benzene ring substituents is 1. The molecule has 0 amide bonds. The third-order valence-corrected chi connectivity index (χ3v) is 3.32. The molecule has 0 radical (unpaired) electrons. The summed E-state index contributed by atoms with van der Waals surface area (Å²) in [7, 11) is 0. The van der Waals surface area contributed by atoms with Gasteiger partial charge >= 0.3 is 0 Å². The molecule has 0 aromatic heterocycles. The van der Waals surface area contributed by atoms with E-state index in [1.165, 1.54) is 12.1 Å². The third-order valence-electron chi connectivity index (χ3n) is 3.32. The molecule has 0 saturated carbocycles. The molecule has 3 aromatic carbocycles. The molecule has 120 valence electrons. The fourth-order valence-corrected chi connectivity index (χ4v) is 2.01. The average molecular weight is 319 g/mol. The summed E-state index contributed by atoms with van der Waals surface area (Å²) in [5.41, 5.74) is 2.65. The molecule has 0 fully saturated rings. The van der Waals surface area contributed by atoms with Gasteiger partial charge in [-0.15, -0.1) is 0 Å². The van der Waals surface area contributed by atoms with Crippen molar-refractivity contribution in [3.63, 3.8) is 0 Å². The van der Waals surface area contributed by atoms with Crippen molar-refractivity contribution in [3.05, 3.63) is 112 Å². The highest BCUT2D eigenvalue weighted by molar-refractivity contribution is 6.08. The van der Waals surface area contributed by atoms with Crippen LogP contribution in [0.15, 0.2) is 84.9 Å². The fourth-order valence-electron chi connectivity index (χ4n) is 2.01. The Morgan fingerprint density at radius 2 is 1.17 bits per heavy atom. The van der Waals surface area contributed by atoms with E-state index in [0.29, 0.717) is 0 Å². The molecule has 0 aliphatic rings. The van der Waals surface area contributed by atoms with Gasteiger partial charge in [0.05, 0.1) is 4.92 Å². The second-order valence-electron chi connectivity index (χ2n) is 5.15. The zero-order valence-corrected chi connectivity index (χ0v) is 13.3. The lowest BCUT2D eigenvalue weighted by molar-refractivity contribution is -0.384. The van der Waals surface area contributed by atoms with Crippen LogP contribution >= 0.6 is 0 Å². The summed E-state index contributed by atoms with van der Waals surface area (Å²) in [5.74, 6) is 0.0752. The second kappa shape index (κ2) is 8.39. The second-order valence-corrected chi connectivity index (χ2v) is 5.15. The molecule has 0 unspecified atom stereocenters. The first-order valence-corrected chi connectivity index (χ1v) is 7.44. The molecule has 4 heteroatoms. The van der Waals surface area contributed by atoms with Gasteiger partial charge in [-0.3, -0.25) is 14.9 Å². The smallest absolute Gasteiger partial charge is 0.269 e. The summed E-state index contributed by atoms with van der Waals surface area (Å²) in [6.45, 7) is 1.89. The molecule has 0 saturated heterocycles.